The molecule has 2 aromatic carbocycles. The number of aromatic nitrogens is 4. The minimum atomic E-state index is -0.257. The Morgan fingerprint density at radius 2 is 1.86 bits per heavy atom. The molecule has 0 aliphatic rings. The van der Waals surface area contributed by atoms with Crippen molar-refractivity contribution in [2.45, 2.75) is 13.8 Å². The summed E-state index contributed by atoms with van der Waals surface area (Å²) in [4.78, 5) is 0. The second-order valence-corrected chi connectivity index (χ2v) is 4.92. The molecule has 0 aliphatic carbocycles. The first-order valence-electron chi connectivity index (χ1n) is 6.47. The van der Waals surface area contributed by atoms with Crippen molar-refractivity contribution in [2.24, 2.45) is 0 Å². The minimum absolute atomic E-state index is 0.257. The van der Waals surface area contributed by atoms with Crippen molar-refractivity contribution < 1.29 is 4.39 Å². The van der Waals surface area contributed by atoms with E-state index in [4.69, 9.17) is 5.73 Å². The molecular weight excluding hydrogens is 269 g/mol. The van der Waals surface area contributed by atoms with E-state index in [-0.39, 0.29) is 5.82 Å². The van der Waals surface area contributed by atoms with Crippen molar-refractivity contribution in [1.29, 1.82) is 0 Å². The predicted octanol–water partition coefficient (Wildman–Crippen LogP) is 2.67. The molecule has 21 heavy (non-hydrogen) atoms. The summed E-state index contributed by atoms with van der Waals surface area (Å²) in [5.74, 6) is 0.306. The second-order valence-electron chi connectivity index (χ2n) is 4.92. The third kappa shape index (κ3) is 2.35. The lowest BCUT2D eigenvalue weighted by Crippen LogP contribution is -2.01. The highest BCUT2D eigenvalue weighted by molar-refractivity contribution is 5.64. The van der Waals surface area contributed by atoms with E-state index in [1.807, 2.05) is 25.1 Å². The Morgan fingerprint density at radius 1 is 1.05 bits per heavy atom. The van der Waals surface area contributed by atoms with Crippen LogP contribution in [0.3, 0.4) is 0 Å². The summed E-state index contributed by atoms with van der Waals surface area (Å²) in [6.07, 6.45) is 0. The Hall–Kier alpha value is -2.76. The maximum Gasteiger partial charge on any atom is 0.187 e. The number of hydrogen-bond acceptors (Lipinski definition) is 4. The summed E-state index contributed by atoms with van der Waals surface area (Å²) in [6, 6.07) is 10.4. The van der Waals surface area contributed by atoms with Gasteiger partial charge in [-0.15, -0.1) is 5.10 Å². The molecule has 2 N–H and O–H groups in total. The van der Waals surface area contributed by atoms with E-state index < -0.39 is 0 Å². The number of anilines is 1. The molecule has 0 spiro atoms. The van der Waals surface area contributed by atoms with Gasteiger partial charge in [-0.05, 0) is 59.7 Å². The molecule has 0 radical (unpaired) electrons. The number of nitrogens with two attached hydrogens (primary N) is 1. The summed E-state index contributed by atoms with van der Waals surface area (Å²) in [6.45, 7) is 3.64. The van der Waals surface area contributed by atoms with Crippen LogP contribution in [0.4, 0.5) is 10.1 Å². The van der Waals surface area contributed by atoms with Crippen LogP contribution in [-0.2, 0) is 0 Å². The fourth-order valence-corrected chi connectivity index (χ4v) is 2.08. The molecule has 6 heteroatoms. The normalized spacial score (nSPS) is 10.8. The fraction of sp³-hybridized carbons (Fsp3) is 0.133. The molecule has 0 unspecified atom stereocenters. The van der Waals surface area contributed by atoms with E-state index in [9.17, 15) is 4.39 Å². The van der Waals surface area contributed by atoms with E-state index in [1.165, 1.54) is 6.07 Å². The number of benzene rings is 2. The molecule has 0 fully saturated rings. The molecule has 0 bridgehead atoms. The lowest BCUT2D eigenvalue weighted by Gasteiger charge is -2.07. The van der Waals surface area contributed by atoms with Gasteiger partial charge in [0.2, 0.25) is 0 Å². The Balaban J connectivity index is 2.12. The molecule has 106 valence electrons. The van der Waals surface area contributed by atoms with Gasteiger partial charge in [-0.3, -0.25) is 0 Å². The first-order chi connectivity index (χ1) is 10.1. The molecule has 5 nitrogen and oxygen atoms in total. The lowest BCUT2D eigenvalue weighted by atomic mass is 10.1. The molecule has 1 aromatic heterocycles. The van der Waals surface area contributed by atoms with Crippen LogP contribution in [0.15, 0.2) is 36.4 Å². The van der Waals surface area contributed by atoms with E-state index >= 15 is 0 Å². The number of hydrogen-bond donors (Lipinski definition) is 1. The zero-order valence-electron chi connectivity index (χ0n) is 11.7. The Kier molecular flexibility index (Phi) is 3.13. The molecular formula is C15H14FN5. The molecule has 0 aliphatic heterocycles. The Bertz CT molecular complexity index is 744. The van der Waals surface area contributed by atoms with Gasteiger partial charge in [0.15, 0.2) is 5.82 Å². The van der Waals surface area contributed by atoms with Gasteiger partial charge in [-0.25, -0.2) is 4.39 Å². The van der Waals surface area contributed by atoms with Crippen molar-refractivity contribution >= 4 is 5.69 Å². The van der Waals surface area contributed by atoms with Crippen molar-refractivity contribution in [1.82, 2.24) is 20.2 Å². The number of tetrazole rings is 1. The molecule has 3 rings (SSSR count). The quantitative estimate of drug-likeness (QED) is 0.734. The summed E-state index contributed by atoms with van der Waals surface area (Å²) < 4.78 is 14.9. The van der Waals surface area contributed by atoms with Crippen LogP contribution in [0.1, 0.15) is 11.1 Å². The molecule has 0 atom stereocenters. The van der Waals surface area contributed by atoms with Gasteiger partial charge in [0.1, 0.15) is 5.82 Å². The second kappa shape index (κ2) is 4.97. The van der Waals surface area contributed by atoms with Crippen LogP contribution >= 0.6 is 0 Å². The van der Waals surface area contributed by atoms with Gasteiger partial charge in [0, 0.05) is 11.3 Å². The molecule has 0 saturated heterocycles. The number of rotatable bonds is 2. The molecule has 3 aromatic rings. The Morgan fingerprint density at radius 3 is 2.57 bits per heavy atom. The highest BCUT2D eigenvalue weighted by atomic mass is 19.1. The van der Waals surface area contributed by atoms with Crippen LogP contribution in [-0.4, -0.2) is 20.2 Å². The fourth-order valence-electron chi connectivity index (χ4n) is 2.08. The number of nitrogens with zero attached hydrogens (tertiary/aromatic N) is 4. The maximum absolute atomic E-state index is 13.4. The largest absolute Gasteiger partial charge is 0.398 e. The predicted molar refractivity (Wildman–Crippen MR) is 78.4 cm³/mol. The number of nitrogen functional groups attached to an aromatic ring is 1. The maximum atomic E-state index is 13.4. The highest BCUT2D eigenvalue weighted by Crippen LogP contribution is 2.24. The van der Waals surface area contributed by atoms with Gasteiger partial charge in [-0.2, -0.15) is 4.68 Å². The Labute approximate surface area is 121 Å². The minimum Gasteiger partial charge on any atom is -0.398 e. The van der Waals surface area contributed by atoms with E-state index in [1.54, 1.807) is 23.7 Å². The van der Waals surface area contributed by atoms with Crippen LogP contribution in [0.5, 0.6) is 0 Å². The SMILES string of the molecule is Cc1ccc(-c2nnnn2-c2ccc(F)c(C)c2)cc1N. The molecule has 0 amide bonds. The smallest absolute Gasteiger partial charge is 0.187 e. The average Bonchev–Trinajstić information content (AvgIpc) is 2.94. The van der Waals surface area contributed by atoms with E-state index in [0.717, 1.165) is 11.1 Å². The standard InChI is InChI=1S/C15H14FN5/c1-9-3-4-11(8-14(9)17)15-18-19-20-21(15)12-5-6-13(16)10(2)7-12/h3-8H,17H2,1-2H3. The zero-order chi connectivity index (χ0) is 15.0. The monoisotopic (exact) mass is 283 g/mol. The highest BCUT2D eigenvalue weighted by Gasteiger charge is 2.12. The van der Waals surface area contributed by atoms with Crippen LogP contribution in [0.2, 0.25) is 0 Å². The molecule has 0 saturated carbocycles. The first-order valence-corrected chi connectivity index (χ1v) is 6.47. The van der Waals surface area contributed by atoms with Crippen LogP contribution in [0.25, 0.3) is 17.1 Å². The third-order valence-electron chi connectivity index (χ3n) is 3.39. The van der Waals surface area contributed by atoms with Gasteiger partial charge >= 0.3 is 0 Å². The first kappa shape index (κ1) is 13.2. The van der Waals surface area contributed by atoms with Crippen molar-refractivity contribution in [3.05, 3.63) is 53.3 Å². The van der Waals surface area contributed by atoms with Crippen LogP contribution in [0, 0.1) is 19.7 Å². The van der Waals surface area contributed by atoms with Crippen molar-refractivity contribution in [3.8, 4) is 17.1 Å². The van der Waals surface area contributed by atoms with Gasteiger partial charge in [-0.1, -0.05) is 12.1 Å². The third-order valence-corrected chi connectivity index (χ3v) is 3.39. The topological polar surface area (TPSA) is 69.6 Å². The summed E-state index contributed by atoms with van der Waals surface area (Å²) in [5.41, 5.74) is 9.66. The summed E-state index contributed by atoms with van der Waals surface area (Å²) in [7, 11) is 0. The number of halogens is 1. The van der Waals surface area contributed by atoms with Gasteiger partial charge in [0.25, 0.3) is 0 Å². The number of aryl methyl sites for hydroxylation is 2. The van der Waals surface area contributed by atoms with Gasteiger partial charge < -0.3 is 5.73 Å². The molecule has 1 heterocycles. The lowest BCUT2D eigenvalue weighted by molar-refractivity contribution is 0.617. The van der Waals surface area contributed by atoms with Gasteiger partial charge in [0.05, 0.1) is 5.69 Å². The van der Waals surface area contributed by atoms with E-state index in [2.05, 4.69) is 15.5 Å². The van der Waals surface area contributed by atoms with E-state index in [0.29, 0.717) is 22.8 Å². The summed E-state index contributed by atoms with van der Waals surface area (Å²) in [5, 5.41) is 11.7. The van der Waals surface area contributed by atoms with Crippen molar-refractivity contribution in [3.63, 3.8) is 0 Å². The van der Waals surface area contributed by atoms with Crippen LogP contribution < -0.4 is 5.73 Å². The summed E-state index contributed by atoms with van der Waals surface area (Å²) >= 11 is 0. The average molecular weight is 283 g/mol. The zero-order valence-corrected chi connectivity index (χ0v) is 11.7. The van der Waals surface area contributed by atoms with Crippen molar-refractivity contribution in [2.75, 3.05) is 5.73 Å².